The predicted octanol–water partition coefficient (Wildman–Crippen LogP) is 2.03. The third kappa shape index (κ3) is 1.21. The molecule has 0 bridgehead atoms. The smallest absolute Gasteiger partial charge is 0.357 e. The number of aromatic nitrogens is 2. The normalized spacial score (nSPS) is 10.7. The molecule has 0 atom stereocenters. The summed E-state index contributed by atoms with van der Waals surface area (Å²) in [4.78, 5) is 10.8. The number of rotatable bonds is 1. The molecule has 1 N–H and O–H groups in total. The summed E-state index contributed by atoms with van der Waals surface area (Å²) in [7, 11) is 1.72. The van der Waals surface area contributed by atoms with Crippen LogP contribution in [0.3, 0.4) is 0 Å². The van der Waals surface area contributed by atoms with Gasteiger partial charge in [0.1, 0.15) is 0 Å². The van der Waals surface area contributed by atoms with Crippen molar-refractivity contribution in [2.45, 2.75) is 0 Å². The van der Waals surface area contributed by atoms with E-state index in [0.29, 0.717) is 5.39 Å². The number of halogens is 1. The molecule has 2 aromatic rings. The van der Waals surface area contributed by atoms with E-state index in [1.54, 1.807) is 23.9 Å². The van der Waals surface area contributed by atoms with Gasteiger partial charge < -0.3 is 5.11 Å². The van der Waals surface area contributed by atoms with E-state index >= 15 is 0 Å². The molecule has 5 heteroatoms. The number of carbonyl (C=O) groups is 1. The van der Waals surface area contributed by atoms with Crippen molar-refractivity contribution >= 4 is 32.8 Å². The molecule has 1 aromatic carbocycles. The molecule has 1 aromatic heterocycles. The summed E-state index contributed by atoms with van der Waals surface area (Å²) in [5.74, 6) is -1.01. The zero-order valence-electron chi connectivity index (χ0n) is 7.36. The van der Waals surface area contributed by atoms with Crippen molar-refractivity contribution in [1.29, 1.82) is 0 Å². The quantitative estimate of drug-likeness (QED) is 0.848. The Labute approximate surface area is 88.3 Å². The van der Waals surface area contributed by atoms with Crippen LogP contribution in [0.25, 0.3) is 10.9 Å². The molecule has 2 rings (SSSR count). The Bertz CT molecular complexity index is 519. The van der Waals surface area contributed by atoms with Crippen LogP contribution in [-0.4, -0.2) is 20.9 Å². The molecule has 0 saturated heterocycles. The summed E-state index contributed by atoms with van der Waals surface area (Å²) in [6.45, 7) is 0. The van der Waals surface area contributed by atoms with Gasteiger partial charge in [0, 0.05) is 16.9 Å². The van der Waals surface area contributed by atoms with Crippen LogP contribution in [0.1, 0.15) is 10.5 Å². The number of carboxylic acids is 1. The second-order valence-electron chi connectivity index (χ2n) is 2.91. The fraction of sp³-hybridized carbons (Fsp3) is 0.111. The Morgan fingerprint density at radius 3 is 2.93 bits per heavy atom. The van der Waals surface area contributed by atoms with Crippen LogP contribution in [0.4, 0.5) is 0 Å². The van der Waals surface area contributed by atoms with Gasteiger partial charge in [0.15, 0.2) is 5.69 Å². The summed E-state index contributed by atoms with van der Waals surface area (Å²) in [5, 5.41) is 13.5. The van der Waals surface area contributed by atoms with E-state index < -0.39 is 5.97 Å². The van der Waals surface area contributed by atoms with E-state index in [2.05, 4.69) is 21.0 Å². The fourth-order valence-corrected chi connectivity index (χ4v) is 2.07. The molecule has 14 heavy (non-hydrogen) atoms. The van der Waals surface area contributed by atoms with Gasteiger partial charge in [-0.15, -0.1) is 0 Å². The lowest BCUT2D eigenvalue weighted by molar-refractivity contribution is 0.0691. The molecule has 0 aliphatic heterocycles. The molecule has 0 aliphatic rings. The van der Waals surface area contributed by atoms with Gasteiger partial charge in [-0.05, 0) is 22.0 Å². The number of nitrogens with zero attached hydrogens (tertiary/aromatic N) is 2. The van der Waals surface area contributed by atoms with Crippen LogP contribution < -0.4 is 0 Å². The number of para-hydroxylation sites is 1. The van der Waals surface area contributed by atoms with Gasteiger partial charge in [-0.3, -0.25) is 4.68 Å². The molecule has 0 radical (unpaired) electrons. The largest absolute Gasteiger partial charge is 0.476 e. The molecule has 0 aliphatic carbocycles. The minimum atomic E-state index is -1.01. The Balaban J connectivity index is 2.91. The second-order valence-corrected chi connectivity index (χ2v) is 3.77. The van der Waals surface area contributed by atoms with Crippen LogP contribution in [0.2, 0.25) is 0 Å². The zero-order chi connectivity index (χ0) is 10.3. The Morgan fingerprint density at radius 1 is 1.57 bits per heavy atom. The number of fused-ring (bicyclic) bond motifs is 1. The molecule has 1 heterocycles. The van der Waals surface area contributed by atoms with Gasteiger partial charge in [0.25, 0.3) is 0 Å². The number of aryl methyl sites for hydroxylation is 1. The van der Waals surface area contributed by atoms with Gasteiger partial charge in [0.2, 0.25) is 0 Å². The Hall–Kier alpha value is -1.36. The first-order chi connectivity index (χ1) is 6.61. The van der Waals surface area contributed by atoms with Crippen molar-refractivity contribution in [1.82, 2.24) is 9.78 Å². The molecule has 0 amide bonds. The molecule has 0 spiro atoms. The average Bonchev–Trinajstić information content (AvgIpc) is 2.45. The molecule has 0 unspecified atom stereocenters. The lowest BCUT2D eigenvalue weighted by Crippen LogP contribution is -1.99. The third-order valence-corrected chi connectivity index (χ3v) is 2.66. The summed E-state index contributed by atoms with van der Waals surface area (Å²) < 4.78 is 2.40. The molecule has 0 fully saturated rings. The average molecular weight is 255 g/mol. The van der Waals surface area contributed by atoms with Crippen molar-refractivity contribution in [3.05, 3.63) is 28.4 Å². The first-order valence-electron chi connectivity index (χ1n) is 3.96. The van der Waals surface area contributed by atoms with Gasteiger partial charge >= 0.3 is 5.97 Å². The van der Waals surface area contributed by atoms with Crippen molar-refractivity contribution in [2.24, 2.45) is 7.05 Å². The topological polar surface area (TPSA) is 55.1 Å². The number of benzene rings is 1. The number of aromatic carboxylic acids is 1. The second kappa shape index (κ2) is 3.09. The van der Waals surface area contributed by atoms with Crippen LogP contribution in [0.5, 0.6) is 0 Å². The van der Waals surface area contributed by atoms with E-state index in [1.807, 2.05) is 6.07 Å². The van der Waals surface area contributed by atoms with Crippen LogP contribution >= 0.6 is 15.9 Å². The highest BCUT2D eigenvalue weighted by molar-refractivity contribution is 9.10. The van der Waals surface area contributed by atoms with E-state index in [1.165, 1.54) is 0 Å². The predicted molar refractivity (Wildman–Crippen MR) is 55.4 cm³/mol. The standard InChI is InChI=1S/C9H7BrN2O2/c1-12-8-5(3-2-4-6(8)10)7(11-12)9(13)14/h2-4H,1H3,(H,13,14). The lowest BCUT2D eigenvalue weighted by Gasteiger charge is -1.95. The fourth-order valence-electron chi connectivity index (χ4n) is 1.45. The maximum Gasteiger partial charge on any atom is 0.357 e. The SMILES string of the molecule is Cn1nc(C(=O)O)c2cccc(Br)c21. The lowest BCUT2D eigenvalue weighted by atomic mass is 10.2. The number of hydrogen-bond acceptors (Lipinski definition) is 2. The Kier molecular flexibility index (Phi) is 2.03. The minimum Gasteiger partial charge on any atom is -0.476 e. The summed E-state index contributed by atoms with van der Waals surface area (Å²) in [6, 6.07) is 5.40. The van der Waals surface area contributed by atoms with Gasteiger partial charge in [0.05, 0.1) is 5.52 Å². The van der Waals surface area contributed by atoms with Crippen molar-refractivity contribution in [2.75, 3.05) is 0 Å². The number of carboxylic acid groups (broad SMARTS) is 1. The van der Waals surface area contributed by atoms with Gasteiger partial charge in [-0.2, -0.15) is 5.10 Å². The van der Waals surface area contributed by atoms with Gasteiger partial charge in [-0.1, -0.05) is 12.1 Å². The van der Waals surface area contributed by atoms with Crippen LogP contribution in [0.15, 0.2) is 22.7 Å². The first kappa shape index (κ1) is 9.21. The van der Waals surface area contributed by atoms with Crippen molar-refractivity contribution < 1.29 is 9.90 Å². The number of hydrogen-bond donors (Lipinski definition) is 1. The molecule has 4 nitrogen and oxygen atoms in total. The van der Waals surface area contributed by atoms with E-state index in [9.17, 15) is 4.79 Å². The van der Waals surface area contributed by atoms with Gasteiger partial charge in [-0.25, -0.2) is 4.79 Å². The zero-order valence-corrected chi connectivity index (χ0v) is 8.95. The van der Waals surface area contributed by atoms with E-state index in [-0.39, 0.29) is 5.69 Å². The van der Waals surface area contributed by atoms with Crippen LogP contribution in [0, 0.1) is 0 Å². The monoisotopic (exact) mass is 254 g/mol. The van der Waals surface area contributed by atoms with Crippen molar-refractivity contribution in [3.63, 3.8) is 0 Å². The van der Waals surface area contributed by atoms with Crippen molar-refractivity contribution in [3.8, 4) is 0 Å². The summed E-state index contributed by atoms with van der Waals surface area (Å²) in [5.41, 5.74) is 0.883. The third-order valence-electron chi connectivity index (χ3n) is 2.02. The maximum atomic E-state index is 10.8. The summed E-state index contributed by atoms with van der Waals surface area (Å²) in [6.07, 6.45) is 0. The Morgan fingerprint density at radius 2 is 2.29 bits per heavy atom. The van der Waals surface area contributed by atoms with E-state index in [0.717, 1.165) is 9.99 Å². The highest BCUT2D eigenvalue weighted by Crippen LogP contribution is 2.25. The maximum absolute atomic E-state index is 10.8. The minimum absolute atomic E-state index is 0.0869. The van der Waals surface area contributed by atoms with Crippen LogP contribution in [-0.2, 0) is 7.05 Å². The highest BCUT2D eigenvalue weighted by atomic mass is 79.9. The molecule has 72 valence electrons. The first-order valence-corrected chi connectivity index (χ1v) is 4.75. The summed E-state index contributed by atoms with van der Waals surface area (Å²) >= 11 is 3.36. The van der Waals surface area contributed by atoms with E-state index in [4.69, 9.17) is 5.11 Å². The molecular formula is C9H7BrN2O2. The molecular weight excluding hydrogens is 248 g/mol. The highest BCUT2D eigenvalue weighted by Gasteiger charge is 2.15. The molecule has 0 saturated carbocycles.